The Labute approximate surface area is 64.5 Å². The quantitative estimate of drug-likeness (QED) is 0.585. The molecule has 1 atom stereocenters. The van der Waals surface area contributed by atoms with Gasteiger partial charge in [0.2, 0.25) is 0 Å². The molecular weight excluding hydrogens is 146 g/mol. The highest BCUT2D eigenvalue weighted by Gasteiger charge is 2.54. The van der Waals surface area contributed by atoms with Gasteiger partial charge in [0.25, 0.3) is 0 Å². The summed E-state index contributed by atoms with van der Waals surface area (Å²) in [5.41, 5.74) is -0.0988. The summed E-state index contributed by atoms with van der Waals surface area (Å²) in [5.74, 6) is 0. The first kappa shape index (κ1) is 6.91. The standard InChI is InChI=1S/C7H11NO3/c9-6(10)8-5-1-4-11-7(5)2-3-7/h5,8H,1-4H2,(H,9,10)/t5-/m1/s1. The van der Waals surface area contributed by atoms with E-state index in [2.05, 4.69) is 5.32 Å². The SMILES string of the molecule is O=C(O)N[C@@H]1CCOC12CC2. The number of nitrogens with one attached hydrogen (secondary N) is 1. The molecule has 0 aromatic heterocycles. The van der Waals surface area contributed by atoms with Crippen LogP contribution in [-0.4, -0.2) is 29.4 Å². The first-order chi connectivity index (χ1) is 5.23. The van der Waals surface area contributed by atoms with Crippen LogP contribution >= 0.6 is 0 Å². The second kappa shape index (κ2) is 2.11. The zero-order valence-electron chi connectivity index (χ0n) is 6.17. The molecule has 1 saturated heterocycles. The third-order valence-electron chi connectivity index (χ3n) is 2.47. The van der Waals surface area contributed by atoms with Crippen molar-refractivity contribution in [3.05, 3.63) is 0 Å². The molecule has 1 heterocycles. The van der Waals surface area contributed by atoms with Crippen molar-refractivity contribution in [3.8, 4) is 0 Å². The molecule has 62 valence electrons. The summed E-state index contributed by atoms with van der Waals surface area (Å²) < 4.78 is 5.44. The van der Waals surface area contributed by atoms with Crippen LogP contribution < -0.4 is 5.32 Å². The van der Waals surface area contributed by atoms with Crippen molar-refractivity contribution in [1.29, 1.82) is 0 Å². The summed E-state index contributed by atoms with van der Waals surface area (Å²) in [6.45, 7) is 0.699. The van der Waals surface area contributed by atoms with Gasteiger partial charge in [-0.15, -0.1) is 0 Å². The average Bonchev–Trinajstić information content (AvgIpc) is 2.56. The summed E-state index contributed by atoms with van der Waals surface area (Å²) in [5, 5.41) is 11.0. The van der Waals surface area contributed by atoms with E-state index in [9.17, 15) is 4.79 Å². The molecule has 1 aliphatic carbocycles. The van der Waals surface area contributed by atoms with E-state index in [0.717, 1.165) is 19.3 Å². The summed E-state index contributed by atoms with van der Waals surface area (Å²) in [6, 6.07) is 0.0417. The number of ether oxygens (including phenoxy) is 1. The lowest BCUT2D eigenvalue weighted by Gasteiger charge is -2.16. The molecule has 0 unspecified atom stereocenters. The molecule has 1 amide bonds. The molecule has 2 N–H and O–H groups in total. The fourth-order valence-electron chi connectivity index (χ4n) is 1.71. The lowest BCUT2D eigenvalue weighted by molar-refractivity contribution is 0.0763. The molecule has 11 heavy (non-hydrogen) atoms. The highest BCUT2D eigenvalue weighted by atomic mass is 16.5. The van der Waals surface area contributed by atoms with E-state index in [1.54, 1.807) is 0 Å². The summed E-state index contributed by atoms with van der Waals surface area (Å²) in [6.07, 6.45) is 1.91. The highest BCUT2D eigenvalue weighted by molar-refractivity contribution is 5.65. The molecule has 1 spiro atoms. The molecule has 1 aliphatic heterocycles. The van der Waals surface area contributed by atoms with Gasteiger partial charge in [0, 0.05) is 6.61 Å². The molecule has 0 radical (unpaired) electrons. The maximum absolute atomic E-state index is 10.3. The van der Waals surface area contributed by atoms with Crippen molar-refractivity contribution >= 4 is 6.09 Å². The minimum Gasteiger partial charge on any atom is -0.465 e. The van der Waals surface area contributed by atoms with Crippen molar-refractivity contribution in [2.45, 2.75) is 30.9 Å². The van der Waals surface area contributed by atoms with Crippen molar-refractivity contribution < 1.29 is 14.6 Å². The zero-order valence-corrected chi connectivity index (χ0v) is 6.17. The molecule has 0 bridgehead atoms. The lowest BCUT2D eigenvalue weighted by atomic mass is 10.1. The van der Waals surface area contributed by atoms with Gasteiger partial charge < -0.3 is 15.2 Å². The van der Waals surface area contributed by atoms with Crippen LogP contribution in [0.25, 0.3) is 0 Å². The molecule has 0 aromatic rings. The van der Waals surface area contributed by atoms with Gasteiger partial charge in [0.05, 0.1) is 11.6 Å². The van der Waals surface area contributed by atoms with E-state index in [0.29, 0.717) is 6.61 Å². The molecule has 2 rings (SSSR count). The van der Waals surface area contributed by atoms with Gasteiger partial charge in [-0.05, 0) is 19.3 Å². The Hall–Kier alpha value is -0.770. The van der Waals surface area contributed by atoms with Crippen LogP contribution in [0, 0.1) is 0 Å². The van der Waals surface area contributed by atoms with Crippen LogP contribution in [0.4, 0.5) is 4.79 Å². The molecule has 0 aromatic carbocycles. The number of hydrogen-bond acceptors (Lipinski definition) is 2. The fraction of sp³-hybridized carbons (Fsp3) is 0.857. The van der Waals surface area contributed by atoms with Gasteiger partial charge >= 0.3 is 6.09 Å². The maximum atomic E-state index is 10.3. The Kier molecular flexibility index (Phi) is 1.32. The van der Waals surface area contributed by atoms with E-state index in [-0.39, 0.29) is 11.6 Å². The van der Waals surface area contributed by atoms with Gasteiger partial charge in [-0.2, -0.15) is 0 Å². The van der Waals surface area contributed by atoms with Gasteiger partial charge in [-0.3, -0.25) is 0 Å². The van der Waals surface area contributed by atoms with Crippen LogP contribution in [0.5, 0.6) is 0 Å². The number of hydrogen-bond donors (Lipinski definition) is 2. The van der Waals surface area contributed by atoms with Gasteiger partial charge in [-0.1, -0.05) is 0 Å². The zero-order chi connectivity index (χ0) is 7.90. The topological polar surface area (TPSA) is 58.6 Å². The van der Waals surface area contributed by atoms with E-state index in [1.165, 1.54) is 0 Å². The van der Waals surface area contributed by atoms with E-state index >= 15 is 0 Å². The van der Waals surface area contributed by atoms with Gasteiger partial charge in [0.15, 0.2) is 0 Å². The second-order valence-corrected chi connectivity index (χ2v) is 3.20. The summed E-state index contributed by atoms with van der Waals surface area (Å²) >= 11 is 0. The van der Waals surface area contributed by atoms with Crippen molar-refractivity contribution in [3.63, 3.8) is 0 Å². The van der Waals surface area contributed by atoms with Crippen LogP contribution in [0.3, 0.4) is 0 Å². The molecule has 1 saturated carbocycles. The van der Waals surface area contributed by atoms with E-state index in [1.807, 2.05) is 0 Å². The normalized spacial score (nSPS) is 32.2. The Bertz CT molecular complexity index is 188. The molecular formula is C7H11NO3. The smallest absolute Gasteiger partial charge is 0.404 e. The van der Waals surface area contributed by atoms with Crippen LogP contribution in [0.15, 0.2) is 0 Å². The van der Waals surface area contributed by atoms with Crippen molar-refractivity contribution in [1.82, 2.24) is 5.32 Å². The number of rotatable bonds is 1. The summed E-state index contributed by atoms with van der Waals surface area (Å²) in [4.78, 5) is 10.3. The largest absolute Gasteiger partial charge is 0.465 e. The first-order valence-electron chi connectivity index (χ1n) is 3.86. The highest BCUT2D eigenvalue weighted by Crippen LogP contribution is 2.47. The van der Waals surface area contributed by atoms with Gasteiger partial charge in [-0.25, -0.2) is 4.79 Å². The predicted molar refractivity (Wildman–Crippen MR) is 37.5 cm³/mol. The lowest BCUT2D eigenvalue weighted by Crippen LogP contribution is -2.40. The minimum absolute atomic E-state index is 0.0417. The Balaban J connectivity index is 1.97. The third kappa shape index (κ3) is 1.07. The number of carbonyl (C=O) groups is 1. The van der Waals surface area contributed by atoms with Gasteiger partial charge in [0.1, 0.15) is 0 Å². The predicted octanol–water partition coefficient (Wildman–Crippen LogP) is 0.575. The molecule has 2 aliphatic rings. The van der Waals surface area contributed by atoms with Crippen molar-refractivity contribution in [2.24, 2.45) is 0 Å². The van der Waals surface area contributed by atoms with Crippen LogP contribution in [0.1, 0.15) is 19.3 Å². The Morgan fingerprint density at radius 1 is 1.64 bits per heavy atom. The fourth-order valence-corrected chi connectivity index (χ4v) is 1.71. The first-order valence-corrected chi connectivity index (χ1v) is 3.86. The number of carboxylic acid groups (broad SMARTS) is 1. The molecule has 2 fully saturated rings. The minimum atomic E-state index is -0.938. The maximum Gasteiger partial charge on any atom is 0.404 e. The van der Waals surface area contributed by atoms with E-state index < -0.39 is 6.09 Å². The third-order valence-corrected chi connectivity index (χ3v) is 2.47. The van der Waals surface area contributed by atoms with Crippen LogP contribution in [-0.2, 0) is 4.74 Å². The van der Waals surface area contributed by atoms with Crippen molar-refractivity contribution in [2.75, 3.05) is 6.61 Å². The molecule has 4 nitrogen and oxygen atoms in total. The Morgan fingerprint density at radius 3 is 2.91 bits per heavy atom. The average molecular weight is 157 g/mol. The second-order valence-electron chi connectivity index (χ2n) is 3.20. The van der Waals surface area contributed by atoms with Crippen LogP contribution in [0.2, 0.25) is 0 Å². The molecule has 4 heteroatoms. The van der Waals surface area contributed by atoms with E-state index in [4.69, 9.17) is 9.84 Å². The Morgan fingerprint density at radius 2 is 2.36 bits per heavy atom. The monoisotopic (exact) mass is 157 g/mol. The number of amides is 1. The summed E-state index contributed by atoms with van der Waals surface area (Å²) in [7, 11) is 0.